The van der Waals surface area contributed by atoms with E-state index in [1.165, 1.54) is 18.2 Å². The molecule has 2 aromatic rings. The van der Waals surface area contributed by atoms with E-state index in [-0.39, 0.29) is 17.9 Å². The Morgan fingerprint density at radius 1 is 0.968 bits per heavy atom. The van der Waals surface area contributed by atoms with Gasteiger partial charge in [-0.15, -0.1) is 0 Å². The number of aliphatic hydroxyl groups is 1. The maximum atomic E-state index is 14.1. The van der Waals surface area contributed by atoms with E-state index < -0.39 is 12.5 Å². The standard InChI is InChI=1S/C23H30BrF2NO4/c24-20-7-5-6-19(15-20)23(25,26)17-30-12-4-2-1-3-10-27-11-13-31-21-8-9-22(29)18(14-21)16-28/h5-9,14-15,27-29H,1-4,10-13,16-17H2. The first-order chi connectivity index (χ1) is 14.9. The highest BCUT2D eigenvalue weighted by Crippen LogP contribution is 2.30. The van der Waals surface area contributed by atoms with Crippen LogP contribution in [0.3, 0.4) is 0 Å². The Kier molecular flexibility index (Phi) is 11.2. The molecule has 3 N–H and O–H groups in total. The minimum atomic E-state index is -2.99. The average molecular weight is 502 g/mol. The number of rotatable bonds is 15. The zero-order valence-electron chi connectivity index (χ0n) is 17.5. The van der Waals surface area contributed by atoms with Crippen LogP contribution in [0.4, 0.5) is 8.78 Å². The van der Waals surface area contributed by atoms with E-state index in [0.717, 1.165) is 32.2 Å². The summed E-state index contributed by atoms with van der Waals surface area (Å²) in [5.41, 5.74) is 0.391. The van der Waals surface area contributed by atoms with Crippen LogP contribution in [-0.2, 0) is 17.3 Å². The van der Waals surface area contributed by atoms with Crippen molar-refractivity contribution in [3.63, 3.8) is 0 Å². The summed E-state index contributed by atoms with van der Waals surface area (Å²) >= 11 is 3.21. The zero-order chi connectivity index (χ0) is 22.5. The Bertz CT molecular complexity index is 792. The van der Waals surface area contributed by atoms with Gasteiger partial charge in [-0.25, -0.2) is 0 Å². The molecule has 31 heavy (non-hydrogen) atoms. The second-order valence-electron chi connectivity index (χ2n) is 7.23. The second kappa shape index (κ2) is 13.6. The van der Waals surface area contributed by atoms with Crippen molar-refractivity contribution in [3.8, 4) is 11.5 Å². The molecule has 2 aromatic carbocycles. The molecule has 0 aliphatic heterocycles. The Balaban J connectivity index is 1.44. The van der Waals surface area contributed by atoms with Crippen molar-refractivity contribution in [2.75, 3.05) is 32.9 Å². The minimum Gasteiger partial charge on any atom is -0.508 e. The van der Waals surface area contributed by atoms with Gasteiger partial charge < -0.3 is 25.0 Å². The maximum absolute atomic E-state index is 14.1. The summed E-state index contributed by atoms with van der Waals surface area (Å²) in [6.45, 7) is 1.50. The highest BCUT2D eigenvalue weighted by atomic mass is 79.9. The summed E-state index contributed by atoms with van der Waals surface area (Å²) in [6.07, 6.45) is 3.67. The third-order valence-corrected chi connectivity index (χ3v) is 5.18. The van der Waals surface area contributed by atoms with E-state index in [2.05, 4.69) is 21.2 Å². The van der Waals surface area contributed by atoms with Crippen LogP contribution in [0, 0.1) is 0 Å². The normalized spacial score (nSPS) is 11.6. The topological polar surface area (TPSA) is 71.0 Å². The molecule has 0 radical (unpaired) electrons. The fraction of sp³-hybridized carbons (Fsp3) is 0.478. The molecule has 0 spiro atoms. The van der Waals surface area contributed by atoms with Crippen LogP contribution >= 0.6 is 15.9 Å². The van der Waals surface area contributed by atoms with Crippen molar-refractivity contribution in [1.29, 1.82) is 0 Å². The van der Waals surface area contributed by atoms with Gasteiger partial charge in [-0.05, 0) is 49.7 Å². The molecule has 0 heterocycles. The van der Waals surface area contributed by atoms with Crippen LogP contribution in [0.1, 0.15) is 36.8 Å². The maximum Gasteiger partial charge on any atom is 0.296 e. The largest absolute Gasteiger partial charge is 0.508 e. The van der Waals surface area contributed by atoms with Crippen molar-refractivity contribution in [2.45, 2.75) is 38.2 Å². The fourth-order valence-electron chi connectivity index (χ4n) is 2.95. The molecule has 0 amide bonds. The number of phenols is 1. The lowest BCUT2D eigenvalue weighted by Gasteiger charge is -2.17. The highest BCUT2D eigenvalue weighted by molar-refractivity contribution is 9.10. The zero-order valence-corrected chi connectivity index (χ0v) is 19.0. The molecule has 0 saturated carbocycles. The van der Waals surface area contributed by atoms with Crippen molar-refractivity contribution < 1.29 is 28.5 Å². The first-order valence-electron chi connectivity index (χ1n) is 10.4. The van der Waals surface area contributed by atoms with E-state index in [4.69, 9.17) is 14.6 Å². The van der Waals surface area contributed by atoms with E-state index in [1.54, 1.807) is 24.3 Å². The van der Waals surface area contributed by atoms with Gasteiger partial charge in [0.1, 0.15) is 24.7 Å². The first-order valence-corrected chi connectivity index (χ1v) is 11.2. The molecule has 0 aromatic heterocycles. The summed E-state index contributed by atoms with van der Waals surface area (Å²) in [4.78, 5) is 0. The third-order valence-electron chi connectivity index (χ3n) is 4.69. The Labute approximate surface area is 190 Å². The minimum absolute atomic E-state index is 0.0452. The third kappa shape index (κ3) is 9.51. The van der Waals surface area contributed by atoms with Gasteiger partial charge in [-0.3, -0.25) is 0 Å². The molecule has 172 valence electrons. The van der Waals surface area contributed by atoms with Gasteiger partial charge in [0.2, 0.25) is 0 Å². The molecule has 5 nitrogen and oxygen atoms in total. The lowest BCUT2D eigenvalue weighted by Crippen LogP contribution is -2.22. The Morgan fingerprint density at radius 2 is 1.77 bits per heavy atom. The van der Waals surface area contributed by atoms with Gasteiger partial charge in [-0.1, -0.05) is 40.9 Å². The van der Waals surface area contributed by atoms with Gasteiger partial charge >= 0.3 is 0 Å². The number of hydrogen-bond acceptors (Lipinski definition) is 5. The van der Waals surface area contributed by atoms with Crippen LogP contribution < -0.4 is 10.1 Å². The molecule has 0 bridgehead atoms. The van der Waals surface area contributed by atoms with Crippen LogP contribution in [0.5, 0.6) is 11.5 Å². The van der Waals surface area contributed by atoms with Crippen molar-refractivity contribution in [2.24, 2.45) is 0 Å². The molecule has 0 atom stereocenters. The monoisotopic (exact) mass is 501 g/mol. The number of hydrogen-bond donors (Lipinski definition) is 3. The number of benzene rings is 2. The van der Waals surface area contributed by atoms with Crippen LogP contribution in [0.15, 0.2) is 46.9 Å². The molecule has 0 unspecified atom stereocenters. The van der Waals surface area contributed by atoms with E-state index in [1.807, 2.05) is 0 Å². The van der Waals surface area contributed by atoms with Crippen molar-refractivity contribution in [3.05, 3.63) is 58.1 Å². The molecular weight excluding hydrogens is 472 g/mol. The second-order valence-corrected chi connectivity index (χ2v) is 8.14. The number of aromatic hydroxyl groups is 1. The smallest absolute Gasteiger partial charge is 0.296 e. The number of ether oxygens (including phenoxy) is 2. The fourth-order valence-corrected chi connectivity index (χ4v) is 3.35. The highest BCUT2D eigenvalue weighted by Gasteiger charge is 2.31. The molecule has 0 aliphatic carbocycles. The van der Waals surface area contributed by atoms with Gasteiger partial charge in [-0.2, -0.15) is 8.78 Å². The van der Waals surface area contributed by atoms with Crippen molar-refractivity contribution >= 4 is 15.9 Å². The molecular formula is C23H30BrF2NO4. The number of unbranched alkanes of at least 4 members (excludes halogenated alkanes) is 3. The van der Waals surface area contributed by atoms with Crippen molar-refractivity contribution in [1.82, 2.24) is 5.32 Å². The van der Waals surface area contributed by atoms with E-state index in [9.17, 15) is 13.9 Å². The summed E-state index contributed by atoms with van der Waals surface area (Å²) in [5.74, 6) is -2.33. The van der Waals surface area contributed by atoms with Gasteiger partial charge in [0.15, 0.2) is 0 Å². The van der Waals surface area contributed by atoms with Crippen LogP contribution in [-0.4, -0.2) is 43.1 Å². The molecule has 0 aliphatic rings. The summed E-state index contributed by atoms with van der Waals surface area (Å²) in [7, 11) is 0. The average Bonchev–Trinajstić information content (AvgIpc) is 2.75. The van der Waals surface area contributed by atoms with Crippen LogP contribution in [0.25, 0.3) is 0 Å². The van der Waals surface area contributed by atoms with E-state index in [0.29, 0.717) is 35.5 Å². The van der Waals surface area contributed by atoms with Gasteiger partial charge in [0.05, 0.1) is 6.61 Å². The summed E-state index contributed by atoms with van der Waals surface area (Å²) in [5, 5.41) is 21.9. The number of nitrogens with one attached hydrogen (secondary N) is 1. The molecule has 0 fully saturated rings. The van der Waals surface area contributed by atoms with Crippen LogP contribution in [0.2, 0.25) is 0 Å². The summed E-state index contributed by atoms with van der Waals surface area (Å²) in [6, 6.07) is 10.9. The lowest BCUT2D eigenvalue weighted by molar-refractivity contribution is -0.0831. The van der Waals surface area contributed by atoms with E-state index >= 15 is 0 Å². The van der Waals surface area contributed by atoms with Gasteiger partial charge in [0, 0.05) is 28.8 Å². The summed E-state index contributed by atoms with van der Waals surface area (Å²) < 4.78 is 39.6. The number of alkyl halides is 2. The molecule has 0 saturated heterocycles. The van der Waals surface area contributed by atoms with Gasteiger partial charge in [0.25, 0.3) is 5.92 Å². The quantitative estimate of drug-likeness (QED) is 0.300. The predicted octanol–water partition coefficient (Wildman–Crippen LogP) is 4.98. The SMILES string of the molecule is OCc1cc(OCCNCCCCCCOCC(F)(F)c2cccc(Br)c2)ccc1O. The Hall–Kier alpha value is -1.74. The lowest BCUT2D eigenvalue weighted by atomic mass is 10.1. The molecule has 2 rings (SSSR count). The first kappa shape index (κ1) is 25.5. The number of halogens is 3. The molecule has 8 heteroatoms. The number of aliphatic hydroxyl groups excluding tert-OH is 1. The predicted molar refractivity (Wildman–Crippen MR) is 120 cm³/mol. The Morgan fingerprint density at radius 3 is 2.55 bits per heavy atom.